The highest BCUT2D eigenvalue weighted by atomic mass is 16.2. The Kier molecular flexibility index (Phi) is 5.87. The van der Waals surface area contributed by atoms with Crippen LogP contribution in [-0.2, 0) is 4.79 Å². The average Bonchev–Trinajstić information content (AvgIpc) is 2.72. The lowest BCUT2D eigenvalue weighted by Crippen LogP contribution is -2.35. The molecule has 0 aliphatic carbocycles. The summed E-state index contributed by atoms with van der Waals surface area (Å²) in [7, 11) is 0. The summed E-state index contributed by atoms with van der Waals surface area (Å²) in [6.07, 6.45) is 2.61. The number of carbonyl (C=O) groups excluding carboxylic acids is 2. The predicted octanol–water partition coefficient (Wildman–Crippen LogP) is 2.86. The SMILES string of the molecule is N#Cc1cccc(C(=O)NCC#Cc2ccc(N3CCCCC3=O)cc2)c1. The molecule has 0 spiro atoms. The summed E-state index contributed by atoms with van der Waals surface area (Å²) in [6.45, 7) is 0.977. The van der Waals surface area contributed by atoms with Crippen LogP contribution in [0.5, 0.6) is 0 Å². The van der Waals surface area contributed by atoms with E-state index in [1.807, 2.05) is 35.2 Å². The maximum atomic E-state index is 12.0. The van der Waals surface area contributed by atoms with E-state index in [0.717, 1.165) is 30.6 Å². The zero-order chi connectivity index (χ0) is 19.1. The van der Waals surface area contributed by atoms with Gasteiger partial charge in [-0.2, -0.15) is 5.26 Å². The van der Waals surface area contributed by atoms with E-state index in [0.29, 0.717) is 17.5 Å². The Morgan fingerprint density at radius 1 is 1.11 bits per heavy atom. The minimum Gasteiger partial charge on any atom is -0.341 e. The summed E-state index contributed by atoms with van der Waals surface area (Å²) in [5, 5.41) is 11.6. The van der Waals surface area contributed by atoms with Gasteiger partial charge in [-0.1, -0.05) is 17.9 Å². The molecule has 0 atom stereocenters. The molecule has 1 fully saturated rings. The van der Waals surface area contributed by atoms with Crippen LogP contribution < -0.4 is 10.2 Å². The lowest BCUT2D eigenvalue weighted by molar-refractivity contribution is -0.119. The van der Waals surface area contributed by atoms with Crippen LogP contribution >= 0.6 is 0 Å². The van der Waals surface area contributed by atoms with Crippen LogP contribution in [0.25, 0.3) is 0 Å². The smallest absolute Gasteiger partial charge is 0.252 e. The van der Waals surface area contributed by atoms with Gasteiger partial charge in [0, 0.05) is 29.8 Å². The van der Waals surface area contributed by atoms with Crippen LogP contribution in [0.2, 0.25) is 0 Å². The molecule has 134 valence electrons. The Morgan fingerprint density at radius 3 is 2.67 bits per heavy atom. The number of nitriles is 1. The Morgan fingerprint density at radius 2 is 1.93 bits per heavy atom. The highest BCUT2D eigenvalue weighted by Crippen LogP contribution is 2.20. The molecule has 0 aromatic heterocycles. The van der Waals surface area contributed by atoms with E-state index in [1.165, 1.54) is 0 Å². The quantitative estimate of drug-likeness (QED) is 0.859. The van der Waals surface area contributed by atoms with Gasteiger partial charge < -0.3 is 10.2 Å². The lowest BCUT2D eigenvalue weighted by atomic mass is 10.1. The summed E-state index contributed by atoms with van der Waals surface area (Å²) < 4.78 is 0. The Hall–Kier alpha value is -3.57. The molecule has 3 rings (SSSR count). The Labute approximate surface area is 158 Å². The fourth-order valence-electron chi connectivity index (χ4n) is 2.91. The van der Waals surface area contributed by atoms with Crippen molar-refractivity contribution in [2.45, 2.75) is 19.3 Å². The third-order valence-electron chi connectivity index (χ3n) is 4.33. The number of carbonyl (C=O) groups is 2. The van der Waals surface area contributed by atoms with Crippen molar-refractivity contribution in [2.75, 3.05) is 18.0 Å². The third-order valence-corrected chi connectivity index (χ3v) is 4.33. The van der Waals surface area contributed by atoms with Crippen molar-refractivity contribution in [3.8, 4) is 17.9 Å². The number of benzene rings is 2. The third kappa shape index (κ3) is 4.74. The predicted molar refractivity (Wildman–Crippen MR) is 103 cm³/mol. The van der Waals surface area contributed by atoms with E-state index in [2.05, 4.69) is 17.2 Å². The zero-order valence-corrected chi connectivity index (χ0v) is 14.9. The van der Waals surface area contributed by atoms with Gasteiger partial charge in [0.05, 0.1) is 18.2 Å². The minimum absolute atomic E-state index is 0.170. The normalized spacial score (nSPS) is 13.3. The molecule has 1 heterocycles. The lowest BCUT2D eigenvalue weighted by Gasteiger charge is -2.26. The van der Waals surface area contributed by atoms with Crippen LogP contribution in [0, 0.1) is 23.2 Å². The standard InChI is InChI=1S/C22H19N3O2/c23-16-18-5-3-7-19(15-18)22(27)24-13-4-6-17-9-11-20(12-10-17)25-14-2-1-8-21(25)26/h3,5,7,9-12,15H,1-2,8,13-14H2,(H,24,27). The fourth-order valence-corrected chi connectivity index (χ4v) is 2.91. The number of rotatable bonds is 3. The highest BCUT2D eigenvalue weighted by molar-refractivity contribution is 5.95. The first kappa shape index (κ1) is 18.2. The van der Waals surface area contributed by atoms with Gasteiger partial charge in [0.1, 0.15) is 0 Å². The van der Waals surface area contributed by atoms with E-state index in [1.54, 1.807) is 24.3 Å². The molecular formula is C22H19N3O2. The molecular weight excluding hydrogens is 338 g/mol. The van der Waals surface area contributed by atoms with E-state index in [4.69, 9.17) is 5.26 Å². The molecule has 2 aromatic rings. The fraction of sp³-hybridized carbons (Fsp3) is 0.227. The van der Waals surface area contributed by atoms with Crippen molar-refractivity contribution < 1.29 is 9.59 Å². The van der Waals surface area contributed by atoms with Crippen LogP contribution in [0.1, 0.15) is 40.7 Å². The van der Waals surface area contributed by atoms with Crippen molar-refractivity contribution in [3.63, 3.8) is 0 Å². The van der Waals surface area contributed by atoms with Gasteiger partial charge in [-0.15, -0.1) is 0 Å². The summed E-state index contributed by atoms with van der Waals surface area (Å²) in [6, 6.07) is 16.1. The number of amides is 2. The Balaban J connectivity index is 1.55. The van der Waals surface area contributed by atoms with Crippen LogP contribution in [0.15, 0.2) is 48.5 Å². The largest absolute Gasteiger partial charge is 0.341 e. The summed E-state index contributed by atoms with van der Waals surface area (Å²) >= 11 is 0. The van der Waals surface area contributed by atoms with Crippen LogP contribution in [0.3, 0.4) is 0 Å². The molecule has 1 aliphatic rings. The maximum absolute atomic E-state index is 12.0. The molecule has 5 nitrogen and oxygen atoms in total. The van der Waals surface area contributed by atoms with Gasteiger partial charge in [-0.05, 0) is 55.3 Å². The van der Waals surface area contributed by atoms with E-state index < -0.39 is 0 Å². The molecule has 0 saturated carbocycles. The molecule has 1 saturated heterocycles. The Bertz CT molecular complexity index is 946. The number of nitrogens with zero attached hydrogens (tertiary/aromatic N) is 2. The van der Waals surface area contributed by atoms with E-state index >= 15 is 0 Å². The molecule has 27 heavy (non-hydrogen) atoms. The monoisotopic (exact) mass is 357 g/mol. The summed E-state index contributed by atoms with van der Waals surface area (Å²) in [5.41, 5.74) is 2.60. The topological polar surface area (TPSA) is 73.2 Å². The number of hydrogen-bond donors (Lipinski definition) is 1. The van der Waals surface area contributed by atoms with Crippen LogP contribution in [0.4, 0.5) is 5.69 Å². The van der Waals surface area contributed by atoms with E-state index in [9.17, 15) is 9.59 Å². The molecule has 5 heteroatoms. The molecule has 0 unspecified atom stereocenters. The first-order valence-electron chi connectivity index (χ1n) is 8.85. The van der Waals surface area contributed by atoms with Crippen LogP contribution in [-0.4, -0.2) is 24.9 Å². The first-order valence-corrected chi connectivity index (χ1v) is 8.85. The van der Waals surface area contributed by atoms with Gasteiger partial charge in [0.25, 0.3) is 5.91 Å². The first-order chi connectivity index (χ1) is 13.2. The minimum atomic E-state index is -0.264. The second kappa shape index (κ2) is 8.69. The molecule has 1 N–H and O–H groups in total. The second-order valence-corrected chi connectivity index (χ2v) is 6.23. The number of hydrogen-bond acceptors (Lipinski definition) is 3. The van der Waals surface area contributed by atoms with E-state index in [-0.39, 0.29) is 18.4 Å². The number of nitrogens with one attached hydrogen (secondary N) is 1. The second-order valence-electron chi connectivity index (χ2n) is 6.23. The van der Waals surface area contributed by atoms with Gasteiger partial charge in [-0.25, -0.2) is 0 Å². The molecule has 0 radical (unpaired) electrons. The van der Waals surface area contributed by atoms with Crippen molar-refractivity contribution in [1.82, 2.24) is 5.32 Å². The number of piperidine rings is 1. The average molecular weight is 357 g/mol. The zero-order valence-electron chi connectivity index (χ0n) is 14.9. The molecule has 2 amide bonds. The van der Waals surface area contributed by atoms with Crippen molar-refractivity contribution >= 4 is 17.5 Å². The van der Waals surface area contributed by atoms with Crippen molar-refractivity contribution in [1.29, 1.82) is 5.26 Å². The van der Waals surface area contributed by atoms with Gasteiger partial charge >= 0.3 is 0 Å². The summed E-state index contributed by atoms with van der Waals surface area (Å²) in [4.78, 5) is 25.8. The molecule has 1 aliphatic heterocycles. The van der Waals surface area contributed by atoms with Gasteiger partial charge in [0.15, 0.2) is 0 Å². The molecule has 2 aromatic carbocycles. The number of anilines is 1. The summed E-state index contributed by atoms with van der Waals surface area (Å²) in [5.74, 6) is 5.81. The highest BCUT2D eigenvalue weighted by Gasteiger charge is 2.19. The van der Waals surface area contributed by atoms with Gasteiger partial charge in [0.2, 0.25) is 5.91 Å². The van der Waals surface area contributed by atoms with Crippen molar-refractivity contribution in [3.05, 3.63) is 65.2 Å². The maximum Gasteiger partial charge on any atom is 0.252 e. The van der Waals surface area contributed by atoms with Gasteiger partial charge in [-0.3, -0.25) is 9.59 Å². The van der Waals surface area contributed by atoms with Crippen molar-refractivity contribution in [2.24, 2.45) is 0 Å². The molecule has 0 bridgehead atoms.